The van der Waals surface area contributed by atoms with E-state index in [1.54, 1.807) is 58.0 Å². The van der Waals surface area contributed by atoms with E-state index in [2.05, 4.69) is 20.5 Å². The maximum absolute atomic E-state index is 13.0. The first-order valence-corrected chi connectivity index (χ1v) is 13.8. The minimum atomic E-state index is -3.85. The lowest BCUT2D eigenvalue weighted by molar-refractivity contribution is 0.0602. The molecule has 1 saturated heterocycles. The summed E-state index contributed by atoms with van der Waals surface area (Å²) < 4.78 is 37.9. The molecule has 0 spiro atoms. The SMILES string of the molecule is CN1/C(=N/C(=O)OC(C)(C)C)N[C@](C)(c2sc(-c3nnc(-c4ccc(Cl)cc4)o3)cc2Cl)CS1(=O)=O. The van der Waals surface area contributed by atoms with Crippen LogP contribution in [0.3, 0.4) is 0 Å². The summed E-state index contributed by atoms with van der Waals surface area (Å²) in [6, 6.07) is 8.57. The van der Waals surface area contributed by atoms with Crippen LogP contribution in [0, 0.1) is 0 Å². The van der Waals surface area contributed by atoms with Crippen LogP contribution in [-0.4, -0.2) is 53.4 Å². The Morgan fingerprint density at radius 1 is 1.22 bits per heavy atom. The number of halogens is 2. The Morgan fingerprint density at radius 3 is 2.50 bits per heavy atom. The molecule has 0 radical (unpaired) electrons. The van der Waals surface area contributed by atoms with Gasteiger partial charge in [-0.1, -0.05) is 23.2 Å². The van der Waals surface area contributed by atoms with E-state index in [0.717, 1.165) is 4.31 Å². The number of aromatic nitrogens is 2. The summed E-state index contributed by atoms with van der Waals surface area (Å²) in [6.45, 7) is 6.73. The molecule has 0 saturated carbocycles. The Labute approximate surface area is 222 Å². The second-order valence-corrected chi connectivity index (χ2v) is 13.2. The third-order valence-corrected chi connectivity index (χ3v) is 9.08. The summed E-state index contributed by atoms with van der Waals surface area (Å²) in [7, 11) is -2.54. The van der Waals surface area contributed by atoms with Crippen molar-refractivity contribution < 1.29 is 22.4 Å². The number of guanidine groups is 1. The quantitative estimate of drug-likeness (QED) is 0.457. The van der Waals surface area contributed by atoms with Crippen LogP contribution in [0.1, 0.15) is 32.6 Å². The van der Waals surface area contributed by atoms with Gasteiger partial charge in [0.05, 0.1) is 26.1 Å². The van der Waals surface area contributed by atoms with Crippen molar-refractivity contribution in [2.75, 3.05) is 12.8 Å². The normalized spacial score (nSPS) is 20.9. The molecule has 2 aromatic heterocycles. The maximum atomic E-state index is 13.0. The molecule has 1 aliphatic heterocycles. The van der Waals surface area contributed by atoms with Crippen LogP contribution in [0.5, 0.6) is 0 Å². The number of nitrogens with one attached hydrogen (secondary N) is 1. The monoisotopic (exact) mass is 571 g/mol. The number of hydrogen-bond donors (Lipinski definition) is 1. The molecule has 192 valence electrons. The van der Waals surface area contributed by atoms with E-state index in [4.69, 9.17) is 32.4 Å². The largest absolute Gasteiger partial charge is 0.442 e. The summed E-state index contributed by atoms with van der Waals surface area (Å²) in [4.78, 5) is 17.2. The molecular formula is C22H23Cl2N5O5S2. The fourth-order valence-corrected chi connectivity index (χ4v) is 6.71. The molecule has 1 amide bonds. The van der Waals surface area contributed by atoms with E-state index in [1.165, 1.54) is 18.4 Å². The van der Waals surface area contributed by atoms with Gasteiger partial charge in [0, 0.05) is 17.6 Å². The standard InChI is InChI=1S/C22H23Cl2N5O5S2/c1-21(2,3)34-20(30)25-19-26-22(4,11-36(31,32)29(19)5)16-14(24)10-15(35-16)18-28-27-17(33-18)12-6-8-13(23)9-7-12/h6-10H,11H2,1-5H3,(H,25,26,30)/t22-/m0/s1. The fraction of sp³-hybridized carbons (Fsp3) is 0.364. The number of hydrogen-bond acceptors (Lipinski definition) is 8. The number of rotatable bonds is 3. The summed E-state index contributed by atoms with van der Waals surface area (Å²) in [5.41, 5.74) is -1.30. The lowest BCUT2D eigenvalue weighted by Crippen LogP contribution is -2.61. The highest BCUT2D eigenvalue weighted by Crippen LogP contribution is 2.42. The number of thiophene rings is 1. The second-order valence-electron chi connectivity index (χ2n) is 9.30. The van der Waals surface area contributed by atoms with E-state index in [0.29, 0.717) is 31.3 Å². The van der Waals surface area contributed by atoms with Gasteiger partial charge in [-0.3, -0.25) is 0 Å². The predicted molar refractivity (Wildman–Crippen MR) is 139 cm³/mol. The lowest BCUT2D eigenvalue weighted by Gasteiger charge is -2.39. The molecule has 10 nitrogen and oxygen atoms in total. The van der Waals surface area contributed by atoms with Gasteiger partial charge in [-0.2, -0.15) is 0 Å². The highest BCUT2D eigenvalue weighted by atomic mass is 35.5. The van der Waals surface area contributed by atoms with Crippen LogP contribution < -0.4 is 5.32 Å². The molecule has 1 atom stereocenters. The fourth-order valence-electron chi connectivity index (χ4n) is 3.43. The van der Waals surface area contributed by atoms with Crippen molar-refractivity contribution in [3.05, 3.63) is 45.3 Å². The molecular weight excluding hydrogens is 549 g/mol. The molecule has 1 N–H and O–H groups in total. The van der Waals surface area contributed by atoms with Gasteiger partial charge in [0.2, 0.25) is 21.9 Å². The van der Waals surface area contributed by atoms with Crippen molar-refractivity contribution in [2.24, 2.45) is 4.99 Å². The first kappa shape index (κ1) is 26.4. The van der Waals surface area contributed by atoms with Crippen molar-refractivity contribution >= 4 is 56.6 Å². The minimum absolute atomic E-state index is 0.174. The summed E-state index contributed by atoms with van der Waals surface area (Å²) in [5.74, 6) is 0.0151. The zero-order chi connectivity index (χ0) is 26.5. The maximum Gasteiger partial charge on any atom is 0.437 e. The lowest BCUT2D eigenvalue weighted by atomic mass is 10.0. The molecule has 1 fully saturated rings. The molecule has 4 rings (SSSR count). The Bertz CT molecular complexity index is 1440. The first-order chi connectivity index (χ1) is 16.7. The number of carbonyl (C=O) groups excluding carboxylic acids is 1. The number of benzene rings is 1. The molecule has 0 aliphatic carbocycles. The molecule has 3 aromatic rings. The zero-order valence-corrected chi connectivity index (χ0v) is 23.1. The highest BCUT2D eigenvalue weighted by Gasteiger charge is 2.45. The van der Waals surface area contributed by atoms with Crippen molar-refractivity contribution in [1.29, 1.82) is 0 Å². The van der Waals surface area contributed by atoms with Gasteiger partial charge in [0.25, 0.3) is 5.89 Å². The van der Waals surface area contributed by atoms with E-state index in [1.807, 2.05) is 0 Å². The molecule has 1 aliphatic rings. The second kappa shape index (κ2) is 9.33. The number of sulfonamides is 1. The topological polar surface area (TPSA) is 127 Å². The summed E-state index contributed by atoms with van der Waals surface area (Å²) >= 11 is 13.7. The van der Waals surface area contributed by atoms with Crippen LogP contribution in [0.2, 0.25) is 10.0 Å². The van der Waals surface area contributed by atoms with Crippen LogP contribution in [0.4, 0.5) is 4.79 Å². The van der Waals surface area contributed by atoms with E-state index in [9.17, 15) is 13.2 Å². The average molecular weight is 572 g/mol. The number of carbonyl (C=O) groups is 1. The van der Waals surface area contributed by atoms with Crippen molar-refractivity contribution in [1.82, 2.24) is 19.8 Å². The third-order valence-electron chi connectivity index (χ3n) is 5.08. The molecule has 3 heterocycles. The first-order valence-electron chi connectivity index (χ1n) is 10.6. The molecule has 14 heteroatoms. The summed E-state index contributed by atoms with van der Waals surface area (Å²) in [6.07, 6.45) is -0.921. The zero-order valence-electron chi connectivity index (χ0n) is 20.0. The number of amides is 1. The van der Waals surface area contributed by atoms with E-state index < -0.39 is 27.3 Å². The smallest absolute Gasteiger partial charge is 0.437 e. The van der Waals surface area contributed by atoms with E-state index >= 15 is 0 Å². The molecule has 1 aromatic carbocycles. The van der Waals surface area contributed by atoms with Gasteiger partial charge in [-0.05, 0) is 58.0 Å². The van der Waals surface area contributed by atoms with Crippen LogP contribution in [-0.2, 0) is 20.3 Å². The minimum Gasteiger partial charge on any atom is -0.442 e. The highest BCUT2D eigenvalue weighted by molar-refractivity contribution is 7.89. The summed E-state index contributed by atoms with van der Waals surface area (Å²) in [5, 5.41) is 12.1. The van der Waals surface area contributed by atoms with Gasteiger partial charge < -0.3 is 14.5 Å². The van der Waals surface area contributed by atoms with Crippen LogP contribution >= 0.6 is 34.5 Å². The Kier molecular flexibility index (Phi) is 6.84. The van der Waals surface area contributed by atoms with Gasteiger partial charge in [0.15, 0.2) is 0 Å². The number of nitrogens with zero attached hydrogens (tertiary/aromatic N) is 4. The number of ether oxygens (including phenoxy) is 1. The molecule has 0 unspecified atom stereocenters. The predicted octanol–water partition coefficient (Wildman–Crippen LogP) is 5.14. The Hall–Kier alpha value is -2.67. The van der Waals surface area contributed by atoms with Crippen molar-refractivity contribution in [3.63, 3.8) is 0 Å². The van der Waals surface area contributed by atoms with Crippen molar-refractivity contribution in [3.8, 4) is 22.2 Å². The van der Waals surface area contributed by atoms with Crippen LogP contribution in [0.15, 0.2) is 39.7 Å². The van der Waals surface area contributed by atoms with Gasteiger partial charge >= 0.3 is 6.09 Å². The number of aliphatic imine (C=N–C) groups is 1. The third kappa shape index (κ3) is 5.51. The van der Waals surface area contributed by atoms with Gasteiger partial charge in [-0.15, -0.1) is 26.5 Å². The Morgan fingerprint density at radius 2 is 1.86 bits per heavy atom. The molecule has 0 bridgehead atoms. The van der Waals surface area contributed by atoms with E-state index in [-0.39, 0.29) is 17.6 Å². The van der Waals surface area contributed by atoms with Crippen LogP contribution in [0.25, 0.3) is 22.2 Å². The Balaban J connectivity index is 1.67. The van der Waals surface area contributed by atoms with Crippen molar-refractivity contribution in [2.45, 2.75) is 38.8 Å². The van der Waals surface area contributed by atoms with Gasteiger partial charge in [0.1, 0.15) is 5.60 Å². The van der Waals surface area contributed by atoms with Gasteiger partial charge in [-0.25, -0.2) is 17.5 Å². The average Bonchev–Trinajstić information content (AvgIpc) is 3.38. The molecule has 36 heavy (non-hydrogen) atoms.